The number of carbonyl (C=O) groups is 1. The molecule has 0 saturated heterocycles. The Morgan fingerprint density at radius 3 is 2.63 bits per heavy atom. The zero-order valence-electron chi connectivity index (χ0n) is 14.7. The van der Waals surface area contributed by atoms with Gasteiger partial charge in [0.1, 0.15) is 0 Å². The van der Waals surface area contributed by atoms with Crippen molar-refractivity contribution in [2.45, 2.75) is 17.3 Å². The van der Waals surface area contributed by atoms with Crippen LogP contribution in [0.25, 0.3) is 17.1 Å². The quantitative estimate of drug-likeness (QED) is 0.483. The number of halogens is 1. The molecule has 1 aromatic carbocycles. The average molecular weight is 400 g/mol. The number of carbonyl (C=O) groups excluding carboxylic acids is 1. The third-order valence-corrected chi connectivity index (χ3v) is 5.02. The zero-order chi connectivity index (χ0) is 19.2. The van der Waals surface area contributed by atoms with E-state index in [0.29, 0.717) is 22.5 Å². The summed E-state index contributed by atoms with van der Waals surface area (Å²) in [5, 5.41) is 12.4. The Balaban J connectivity index is 1.99. The summed E-state index contributed by atoms with van der Waals surface area (Å²) in [5.74, 6) is 0.580. The van der Waals surface area contributed by atoms with Crippen LogP contribution in [0.5, 0.6) is 0 Å². The third kappa shape index (κ3) is 4.56. The molecule has 0 aliphatic carbocycles. The van der Waals surface area contributed by atoms with Gasteiger partial charge in [0.25, 0.3) is 0 Å². The van der Waals surface area contributed by atoms with E-state index in [1.807, 2.05) is 47.9 Å². The fourth-order valence-electron chi connectivity index (χ4n) is 2.39. The molecule has 0 radical (unpaired) electrons. The van der Waals surface area contributed by atoms with Crippen LogP contribution in [0.4, 0.5) is 0 Å². The average Bonchev–Trinajstić information content (AvgIpc) is 3.10. The van der Waals surface area contributed by atoms with E-state index < -0.39 is 0 Å². The zero-order valence-corrected chi connectivity index (χ0v) is 16.2. The van der Waals surface area contributed by atoms with E-state index in [1.54, 1.807) is 18.5 Å². The highest BCUT2D eigenvalue weighted by atomic mass is 35.5. The topological polar surface area (TPSA) is 72.7 Å². The van der Waals surface area contributed by atoms with Crippen molar-refractivity contribution in [3.8, 4) is 17.1 Å². The van der Waals surface area contributed by atoms with E-state index >= 15 is 0 Å². The first-order chi connectivity index (χ1) is 13.1. The van der Waals surface area contributed by atoms with Gasteiger partial charge in [-0.3, -0.25) is 14.3 Å². The first kappa shape index (κ1) is 19.1. The molecular formula is C19H18ClN5OS. The minimum Gasteiger partial charge on any atom is -0.352 e. The molecule has 0 aliphatic heterocycles. The van der Waals surface area contributed by atoms with Gasteiger partial charge in [-0.25, -0.2) is 0 Å². The second kappa shape index (κ2) is 8.83. The Morgan fingerprint density at radius 2 is 1.96 bits per heavy atom. The maximum absolute atomic E-state index is 12.2. The van der Waals surface area contributed by atoms with Crippen LogP contribution in [0.15, 0.2) is 66.6 Å². The Hall–Kier alpha value is -2.64. The predicted octanol–water partition coefficient (Wildman–Crippen LogP) is 3.77. The summed E-state index contributed by atoms with van der Waals surface area (Å²) in [6.45, 7) is 5.87. The number of aromatic nitrogens is 4. The van der Waals surface area contributed by atoms with Gasteiger partial charge in [0, 0.05) is 35.2 Å². The standard InChI is InChI=1S/C19H18ClN5OS/c1-3-10-22-18(26)13(2)27-19-24-23-17(14-8-11-21-12-9-14)25(19)16-6-4-15(20)5-7-16/h3-9,11-13H,1,10H2,2H3,(H,22,26). The molecule has 0 saturated carbocycles. The highest BCUT2D eigenvalue weighted by Gasteiger charge is 2.21. The van der Waals surface area contributed by atoms with Crippen molar-refractivity contribution < 1.29 is 4.79 Å². The van der Waals surface area contributed by atoms with Crippen LogP contribution in [0.3, 0.4) is 0 Å². The molecule has 8 heteroatoms. The van der Waals surface area contributed by atoms with Crippen molar-refractivity contribution in [1.82, 2.24) is 25.1 Å². The molecule has 3 aromatic rings. The molecule has 27 heavy (non-hydrogen) atoms. The van der Waals surface area contributed by atoms with Crippen molar-refractivity contribution in [2.75, 3.05) is 6.54 Å². The number of hydrogen-bond acceptors (Lipinski definition) is 5. The minimum absolute atomic E-state index is 0.0870. The second-order valence-electron chi connectivity index (χ2n) is 5.65. The fraction of sp³-hybridized carbons (Fsp3) is 0.158. The van der Waals surface area contributed by atoms with Gasteiger partial charge in [-0.05, 0) is 43.3 Å². The Labute approximate surface area is 166 Å². The number of benzene rings is 1. The van der Waals surface area contributed by atoms with Gasteiger partial charge in [0.15, 0.2) is 11.0 Å². The van der Waals surface area contributed by atoms with Crippen LogP contribution in [-0.4, -0.2) is 37.5 Å². The first-order valence-electron chi connectivity index (χ1n) is 8.27. The van der Waals surface area contributed by atoms with Crippen LogP contribution in [0, 0.1) is 0 Å². The van der Waals surface area contributed by atoms with Crippen molar-refractivity contribution in [3.63, 3.8) is 0 Å². The number of nitrogens with zero attached hydrogens (tertiary/aromatic N) is 4. The molecule has 0 aliphatic rings. The highest BCUT2D eigenvalue weighted by Crippen LogP contribution is 2.30. The molecular weight excluding hydrogens is 382 g/mol. The maximum Gasteiger partial charge on any atom is 0.233 e. The number of amides is 1. The molecule has 2 aromatic heterocycles. The number of rotatable bonds is 7. The normalized spacial score (nSPS) is 11.8. The van der Waals surface area contributed by atoms with Crippen LogP contribution in [0.2, 0.25) is 5.02 Å². The molecule has 2 heterocycles. The van der Waals surface area contributed by atoms with E-state index in [9.17, 15) is 4.79 Å². The van der Waals surface area contributed by atoms with Gasteiger partial charge in [-0.2, -0.15) is 0 Å². The molecule has 3 rings (SSSR count). The summed E-state index contributed by atoms with van der Waals surface area (Å²) in [7, 11) is 0. The summed E-state index contributed by atoms with van der Waals surface area (Å²) in [4.78, 5) is 16.3. The Bertz CT molecular complexity index is 927. The van der Waals surface area contributed by atoms with Gasteiger partial charge in [0.2, 0.25) is 5.91 Å². The maximum atomic E-state index is 12.2. The smallest absolute Gasteiger partial charge is 0.233 e. The molecule has 138 valence electrons. The highest BCUT2D eigenvalue weighted by molar-refractivity contribution is 8.00. The predicted molar refractivity (Wildman–Crippen MR) is 108 cm³/mol. The van der Waals surface area contributed by atoms with Gasteiger partial charge >= 0.3 is 0 Å². The summed E-state index contributed by atoms with van der Waals surface area (Å²) in [5.41, 5.74) is 1.74. The van der Waals surface area contributed by atoms with Crippen LogP contribution < -0.4 is 5.32 Å². The SMILES string of the molecule is C=CCNC(=O)C(C)Sc1nnc(-c2ccncc2)n1-c1ccc(Cl)cc1. The lowest BCUT2D eigenvalue weighted by Crippen LogP contribution is -2.31. The lowest BCUT2D eigenvalue weighted by atomic mass is 10.2. The lowest BCUT2D eigenvalue weighted by molar-refractivity contribution is -0.120. The molecule has 6 nitrogen and oxygen atoms in total. The van der Waals surface area contributed by atoms with Crippen LogP contribution in [0.1, 0.15) is 6.92 Å². The summed E-state index contributed by atoms with van der Waals surface area (Å²) in [6, 6.07) is 11.1. The number of pyridine rings is 1. The van der Waals surface area contributed by atoms with Crippen LogP contribution >= 0.6 is 23.4 Å². The summed E-state index contributed by atoms with van der Waals surface area (Å²) >= 11 is 7.37. The van der Waals surface area contributed by atoms with E-state index in [2.05, 4.69) is 27.1 Å². The fourth-order valence-corrected chi connectivity index (χ4v) is 3.40. The van der Waals surface area contributed by atoms with Crippen molar-refractivity contribution >= 4 is 29.3 Å². The van der Waals surface area contributed by atoms with Crippen LogP contribution in [-0.2, 0) is 4.79 Å². The summed E-state index contributed by atoms with van der Waals surface area (Å²) in [6.07, 6.45) is 5.05. The van der Waals surface area contributed by atoms with E-state index in [1.165, 1.54) is 11.8 Å². The number of hydrogen-bond donors (Lipinski definition) is 1. The third-order valence-electron chi connectivity index (χ3n) is 3.73. The molecule has 0 spiro atoms. The Kier molecular flexibility index (Phi) is 6.26. The van der Waals surface area contributed by atoms with Crippen molar-refractivity contribution in [1.29, 1.82) is 0 Å². The summed E-state index contributed by atoms with van der Waals surface area (Å²) < 4.78 is 1.91. The molecule has 1 amide bonds. The molecule has 1 N–H and O–H groups in total. The first-order valence-corrected chi connectivity index (χ1v) is 9.53. The largest absolute Gasteiger partial charge is 0.352 e. The van der Waals surface area contributed by atoms with Gasteiger partial charge < -0.3 is 5.32 Å². The molecule has 1 unspecified atom stereocenters. The van der Waals surface area contributed by atoms with Gasteiger partial charge in [-0.1, -0.05) is 29.4 Å². The van der Waals surface area contributed by atoms with Crippen molar-refractivity contribution in [3.05, 3.63) is 66.5 Å². The number of nitrogens with one attached hydrogen (secondary N) is 1. The van der Waals surface area contributed by atoms with E-state index in [4.69, 9.17) is 11.6 Å². The van der Waals surface area contributed by atoms with Gasteiger partial charge in [0.05, 0.1) is 5.25 Å². The second-order valence-corrected chi connectivity index (χ2v) is 7.39. The van der Waals surface area contributed by atoms with E-state index in [0.717, 1.165) is 11.3 Å². The van der Waals surface area contributed by atoms with Gasteiger partial charge in [-0.15, -0.1) is 16.8 Å². The lowest BCUT2D eigenvalue weighted by Gasteiger charge is -2.13. The minimum atomic E-state index is -0.342. The number of thioether (sulfide) groups is 1. The molecule has 0 fully saturated rings. The molecule has 0 bridgehead atoms. The van der Waals surface area contributed by atoms with Crippen molar-refractivity contribution in [2.24, 2.45) is 0 Å². The van der Waals surface area contributed by atoms with E-state index in [-0.39, 0.29) is 11.2 Å². The Morgan fingerprint density at radius 1 is 1.26 bits per heavy atom. The monoisotopic (exact) mass is 399 g/mol. The molecule has 1 atom stereocenters.